The standard InChI is InChI=1S/C13H17N3O3S/c1-3-7-15-13(17)10-16(20(2,18)19)12-6-4-5-11(8-12)9-14/h4-6,8H,3,7,10H2,1-2H3,(H,15,17). The van der Waals surface area contributed by atoms with Crippen LogP contribution in [-0.2, 0) is 14.8 Å². The minimum absolute atomic E-state index is 0.298. The van der Waals surface area contributed by atoms with Crippen molar-refractivity contribution in [2.24, 2.45) is 0 Å². The van der Waals surface area contributed by atoms with Crippen LogP contribution < -0.4 is 9.62 Å². The summed E-state index contributed by atoms with van der Waals surface area (Å²) in [4.78, 5) is 11.7. The molecule has 108 valence electrons. The van der Waals surface area contributed by atoms with E-state index in [1.54, 1.807) is 18.2 Å². The predicted octanol–water partition coefficient (Wildman–Crippen LogP) is 0.850. The zero-order chi connectivity index (χ0) is 15.2. The third-order valence-electron chi connectivity index (χ3n) is 2.52. The quantitative estimate of drug-likeness (QED) is 0.842. The predicted molar refractivity (Wildman–Crippen MR) is 76.6 cm³/mol. The first-order valence-corrected chi connectivity index (χ1v) is 7.98. The van der Waals surface area contributed by atoms with Crippen molar-refractivity contribution in [2.45, 2.75) is 13.3 Å². The van der Waals surface area contributed by atoms with E-state index < -0.39 is 10.0 Å². The van der Waals surface area contributed by atoms with E-state index >= 15 is 0 Å². The Hall–Kier alpha value is -2.07. The molecule has 20 heavy (non-hydrogen) atoms. The number of nitriles is 1. The molecule has 1 rings (SSSR count). The van der Waals surface area contributed by atoms with Crippen molar-refractivity contribution < 1.29 is 13.2 Å². The molecule has 1 aromatic carbocycles. The highest BCUT2D eigenvalue weighted by molar-refractivity contribution is 7.92. The molecule has 0 heterocycles. The van der Waals surface area contributed by atoms with Crippen LogP contribution in [0.5, 0.6) is 0 Å². The van der Waals surface area contributed by atoms with Crippen LogP contribution in [0.25, 0.3) is 0 Å². The number of amides is 1. The number of carbonyl (C=O) groups excluding carboxylic acids is 1. The molecule has 7 heteroatoms. The third-order valence-corrected chi connectivity index (χ3v) is 3.66. The second-order valence-electron chi connectivity index (χ2n) is 4.28. The fourth-order valence-corrected chi connectivity index (χ4v) is 2.43. The van der Waals surface area contributed by atoms with Gasteiger partial charge >= 0.3 is 0 Å². The van der Waals surface area contributed by atoms with Gasteiger partial charge in [-0.05, 0) is 24.6 Å². The molecule has 1 amide bonds. The van der Waals surface area contributed by atoms with E-state index in [9.17, 15) is 13.2 Å². The van der Waals surface area contributed by atoms with Crippen molar-refractivity contribution in [3.8, 4) is 6.07 Å². The Bertz CT molecular complexity index is 620. The molecule has 6 nitrogen and oxygen atoms in total. The molecule has 1 aromatic rings. The van der Waals surface area contributed by atoms with Crippen LogP contribution in [0.2, 0.25) is 0 Å². The van der Waals surface area contributed by atoms with Gasteiger partial charge in [-0.2, -0.15) is 5.26 Å². The van der Waals surface area contributed by atoms with Gasteiger partial charge in [0.2, 0.25) is 15.9 Å². The molecule has 0 saturated carbocycles. The summed E-state index contributed by atoms with van der Waals surface area (Å²) in [6, 6.07) is 8.08. The minimum Gasteiger partial charge on any atom is -0.355 e. The van der Waals surface area contributed by atoms with Gasteiger partial charge in [0.1, 0.15) is 6.54 Å². The zero-order valence-corrected chi connectivity index (χ0v) is 12.3. The summed E-state index contributed by atoms with van der Waals surface area (Å²) in [5.41, 5.74) is 0.642. The maximum absolute atomic E-state index is 11.8. The summed E-state index contributed by atoms with van der Waals surface area (Å²) in [6.45, 7) is 2.10. The lowest BCUT2D eigenvalue weighted by molar-refractivity contribution is -0.119. The minimum atomic E-state index is -3.60. The molecule has 0 radical (unpaired) electrons. The summed E-state index contributed by atoms with van der Waals surface area (Å²) in [5.74, 6) is -0.375. The van der Waals surface area contributed by atoms with Crippen molar-refractivity contribution in [2.75, 3.05) is 23.7 Å². The number of nitrogens with zero attached hydrogens (tertiary/aromatic N) is 2. The van der Waals surface area contributed by atoms with Crippen LogP contribution in [-0.4, -0.2) is 33.7 Å². The number of hydrogen-bond acceptors (Lipinski definition) is 4. The Balaban J connectivity index is 3.02. The van der Waals surface area contributed by atoms with Gasteiger partial charge < -0.3 is 5.32 Å². The molecule has 0 aliphatic rings. The molecule has 0 aliphatic heterocycles. The Morgan fingerprint density at radius 3 is 2.70 bits per heavy atom. The maximum atomic E-state index is 11.8. The van der Waals surface area contributed by atoms with E-state index in [-0.39, 0.29) is 12.5 Å². The van der Waals surface area contributed by atoms with Crippen molar-refractivity contribution in [1.82, 2.24) is 5.32 Å². The average molecular weight is 295 g/mol. The number of anilines is 1. The molecule has 0 atom stereocenters. The van der Waals surface area contributed by atoms with Gasteiger partial charge in [0, 0.05) is 6.54 Å². The Morgan fingerprint density at radius 1 is 1.45 bits per heavy atom. The second-order valence-corrected chi connectivity index (χ2v) is 6.19. The van der Waals surface area contributed by atoms with E-state index in [0.29, 0.717) is 17.8 Å². The molecule has 0 aliphatic carbocycles. The molecule has 0 bridgehead atoms. The van der Waals surface area contributed by atoms with Gasteiger partial charge in [0.05, 0.1) is 23.6 Å². The molecule has 0 spiro atoms. The normalized spacial score (nSPS) is 10.7. The Kier molecular flexibility index (Phi) is 5.53. The summed E-state index contributed by atoms with van der Waals surface area (Å²) >= 11 is 0. The largest absolute Gasteiger partial charge is 0.355 e. The molecule has 0 saturated heterocycles. The fraction of sp³-hybridized carbons (Fsp3) is 0.385. The van der Waals surface area contributed by atoms with Crippen molar-refractivity contribution in [3.63, 3.8) is 0 Å². The molecular weight excluding hydrogens is 278 g/mol. The van der Waals surface area contributed by atoms with E-state index in [0.717, 1.165) is 17.0 Å². The number of sulfonamides is 1. The highest BCUT2D eigenvalue weighted by Crippen LogP contribution is 2.18. The SMILES string of the molecule is CCCNC(=O)CN(c1cccc(C#N)c1)S(C)(=O)=O. The van der Waals surface area contributed by atoms with Crippen LogP contribution >= 0.6 is 0 Å². The van der Waals surface area contributed by atoms with Gasteiger partial charge in [0.15, 0.2) is 0 Å². The maximum Gasteiger partial charge on any atom is 0.240 e. The number of benzene rings is 1. The van der Waals surface area contributed by atoms with Gasteiger partial charge in [-0.15, -0.1) is 0 Å². The summed E-state index contributed by atoms with van der Waals surface area (Å²) in [6.07, 6.45) is 1.80. The first-order chi connectivity index (χ1) is 9.38. The topological polar surface area (TPSA) is 90.3 Å². The van der Waals surface area contributed by atoms with Gasteiger partial charge in [0.25, 0.3) is 0 Å². The van der Waals surface area contributed by atoms with Crippen molar-refractivity contribution in [1.29, 1.82) is 5.26 Å². The average Bonchev–Trinajstić information content (AvgIpc) is 2.41. The number of hydrogen-bond donors (Lipinski definition) is 1. The monoisotopic (exact) mass is 295 g/mol. The van der Waals surface area contributed by atoms with E-state index in [1.165, 1.54) is 6.07 Å². The van der Waals surface area contributed by atoms with Crippen molar-refractivity contribution >= 4 is 21.6 Å². The Morgan fingerprint density at radius 2 is 2.15 bits per heavy atom. The first kappa shape index (κ1) is 16.0. The van der Waals surface area contributed by atoms with Crippen LogP contribution in [0.1, 0.15) is 18.9 Å². The van der Waals surface area contributed by atoms with E-state index in [1.807, 2.05) is 13.0 Å². The fourth-order valence-electron chi connectivity index (χ4n) is 1.58. The second kappa shape index (κ2) is 6.91. The Labute approximate surface area is 119 Å². The van der Waals surface area contributed by atoms with Gasteiger partial charge in [-0.3, -0.25) is 9.10 Å². The highest BCUT2D eigenvalue weighted by Gasteiger charge is 2.20. The van der Waals surface area contributed by atoms with Crippen LogP contribution in [0.3, 0.4) is 0 Å². The van der Waals surface area contributed by atoms with Gasteiger partial charge in [-0.1, -0.05) is 13.0 Å². The number of nitrogens with one attached hydrogen (secondary N) is 1. The van der Waals surface area contributed by atoms with Crippen molar-refractivity contribution in [3.05, 3.63) is 29.8 Å². The molecule has 0 fully saturated rings. The summed E-state index contributed by atoms with van der Waals surface area (Å²) in [5, 5.41) is 11.5. The highest BCUT2D eigenvalue weighted by atomic mass is 32.2. The van der Waals surface area contributed by atoms with Crippen LogP contribution in [0.4, 0.5) is 5.69 Å². The van der Waals surface area contributed by atoms with E-state index in [4.69, 9.17) is 5.26 Å². The third kappa shape index (κ3) is 4.55. The van der Waals surface area contributed by atoms with Gasteiger partial charge in [-0.25, -0.2) is 8.42 Å². The smallest absolute Gasteiger partial charge is 0.240 e. The lowest BCUT2D eigenvalue weighted by Gasteiger charge is -2.21. The lowest BCUT2D eigenvalue weighted by atomic mass is 10.2. The lowest BCUT2D eigenvalue weighted by Crippen LogP contribution is -2.40. The summed E-state index contributed by atoms with van der Waals surface area (Å²) < 4.78 is 24.6. The first-order valence-electron chi connectivity index (χ1n) is 6.13. The zero-order valence-electron chi connectivity index (χ0n) is 11.5. The molecular formula is C13H17N3O3S. The summed E-state index contributed by atoms with van der Waals surface area (Å²) in [7, 11) is -3.60. The molecule has 0 unspecified atom stereocenters. The number of rotatable bonds is 6. The van der Waals surface area contributed by atoms with Crippen LogP contribution in [0, 0.1) is 11.3 Å². The van der Waals surface area contributed by atoms with E-state index in [2.05, 4.69) is 5.32 Å². The molecule has 1 N–H and O–H groups in total. The van der Waals surface area contributed by atoms with Crippen LogP contribution in [0.15, 0.2) is 24.3 Å². The number of carbonyl (C=O) groups is 1. The molecule has 0 aromatic heterocycles.